The Morgan fingerprint density at radius 3 is 2.83 bits per heavy atom. The van der Waals surface area contributed by atoms with E-state index in [0.29, 0.717) is 17.8 Å². The predicted octanol–water partition coefficient (Wildman–Crippen LogP) is 2.86. The largest absolute Gasteiger partial charge is 0.344 e. The Bertz CT molecular complexity index is 702. The molecule has 23 heavy (non-hydrogen) atoms. The molecule has 1 aliphatic heterocycles. The molecule has 0 radical (unpaired) electrons. The van der Waals surface area contributed by atoms with Crippen LogP contribution in [-0.4, -0.2) is 38.8 Å². The molecule has 7 heteroatoms. The number of hydrogen-bond acceptors (Lipinski definition) is 4. The smallest absolute Gasteiger partial charge is 0.229 e. The number of nitrogens with zero attached hydrogens (tertiary/aromatic N) is 4. The van der Waals surface area contributed by atoms with Crippen molar-refractivity contribution < 1.29 is 9.32 Å². The summed E-state index contributed by atoms with van der Waals surface area (Å²) < 4.78 is 6.97. The van der Waals surface area contributed by atoms with E-state index in [1.165, 1.54) is 0 Å². The molecule has 3 heterocycles. The first kappa shape index (κ1) is 16.1. The second kappa shape index (κ2) is 6.35. The monoisotopic (exact) mass is 336 g/mol. The molecular weight excluding hydrogens is 316 g/mol. The maximum Gasteiger partial charge on any atom is 0.229 e. The fourth-order valence-corrected chi connectivity index (χ4v) is 3.46. The molecule has 2 aromatic heterocycles. The fourth-order valence-electron chi connectivity index (χ4n) is 3.22. The van der Waals surface area contributed by atoms with E-state index in [9.17, 15) is 4.79 Å². The molecule has 1 aliphatic rings. The minimum absolute atomic E-state index is 0.0597. The van der Waals surface area contributed by atoms with Gasteiger partial charge in [0, 0.05) is 24.3 Å². The van der Waals surface area contributed by atoms with Crippen molar-refractivity contribution in [3.8, 4) is 0 Å². The number of amides is 1. The summed E-state index contributed by atoms with van der Waals surface area (Å²) in [4.78, 5) is 14.5. The topological polar surface area (TPSA) is 64.2 Å². The molecule has 6 nitrogen and oxygen atoms in total. The zero-order valence-electron chi connectivity index (χ0n) is 13.7. The first-order valence-electron chi connectivity index (χ1n) is 7.87. The molecule has 0 spiro atoms. The van der Waals surface area contributed by atoms with Gasteiger partial charge >= 0.3 is 0 Å². The molecule has 0 bridgehead atoms. The number of halogens is 1. The summed E-state index contributed by atoms with van der Waals surface area (Å²) in [6.45, 7) is 7.30. The van der Waals surface area contributed by atoms with Gasteiger partial charge in [-0.1, -0.05) is 5.16 Å². The first-order valence-corrected chi connectivity index (χ1v) is 8.24. The summed E-state index contributed by atoms with van der Waals surface area (Å²) in [5.41, 5.74) is 3.51. The zero-order valence-corrected chi connectivity index (χ0v) is 14.4. The second-order valence-corrected chi connectivity index (χ2v) is 6.55. The Morgan fingerprint density at radius 1 is 1.43 bits per heavy atom. The Morgan fingerprint density at radius 2 is 2.22 bits per heavy atom. The molecule has 1 unspecified atom stereocenters. The number of piperidine rings is 1. The van der Waals surface area contributed by atoms with Gasteiger partial charge in [0.2, 0.25) is 11.1 Å². The Kier molecular flexibility index (Phi) is 4.43. The highest BCUT2D eigenvalue weighted by Gasteiger charge is 2.27. The van der Waals surface area contributed by atoms with Crippen molar-refractivity contribution in [2.75, 3.05) is 13.1 Å². The van der Waals surface area contributed by atoms with Gasteiger partial charge in [0.25, 0.3) is 0 Å². The van der Waals surface area contributed by atoms with Crippen LogP contribution in [0.1, 0.15) is 41.5 Å². The van der Waals surface area contributed by atoms with Crippen LogP contribution in [0, 0.1) is 20.8 Å². The molecule has 2 aromatic rings. The third kappa shape index (κ3) is 3.27. The molecular formula is C16H21ClN4O2. The minimum atomic E-state index is 0.0597. The van der Waals surface area contributed by atoms with Gasteiger partial charge in [-0.2, -0.15) is 5.10 Å². The summed E-state index contributed by atoms with van der Waals surface area (Å²) >= 11 is 5.96. The van der Waals surface area contributed by atoms with Gasteiger partial charge in [-0.3, -0.25) is 9.48 Å². The molecule has 124 valence electrons. The first-order chi connectivity index (χ1) is 11.0. The number of carbonyl (C=O) groups is 1. The van der Waals surface area contributed by atoms with E-state index in [1.54, 1.807) is 6.92 Å². The van der Waals surface area contributed by atoms with Crippen LogP contribution in [0.3, 0.4) is 0 Å². The summed E-state index contributed by atoms with van der Waals surface area (Å²) in [6.07, 6.45) is 2.25. The van der Waals surface area contributed by atoms with E-state index >= 15 is 0 Å². The van der Waals surface area contributed by atoms with Crippen molar-refractivity contribution >= 4 is 17.5 Å². The van der Waals surface area contributed by atoms with Gasteiger partial charge in [0.1, 0.15) is 0 Å². The van der Waals surface area contributed by atoms with Crippen LogP contribution in [0.25, 0.3) is 0 Å². The van der Waals surface area contributed by atoms with Crippen molar-refractivity contribution in [2.45, 2.75) is 46.1 Å². The number of rotatable bonds is 3. The molecule has 1 amide bonds. The van der Waals surface area contributed by atoms with Crippen molar-refractivity contribution in [2.24, 2.45) is 0 Å². The SMILES string of the molecule is Cc1cc(C)n(C2CCCN(C(=O)Cc3c(C)noc3Cl)C2)n1. The Labute approximate surface area is 140 Å². The average Bonchev–Trinajstić information content (AvgIpc) is 3.03. The van der Waals surface area contributed by atoms with Crippen LogP contribution in [0.2, 0.25) is 5.22 Å². The van der Waals surface area contributed by atoms with Crippen LogP contribution in [0.5, 0.6) is 0 Å². The van der Waals surface area contributed by atoms with Gasteiger partial charge in [-0.25, -0.2) is 0 Å². The Hall–Kier alpha value is -1.82. The minimum Gasteiger partial charge on any atom is -0.344 e. The molecule has 1 atom stereocenters. The average molecular weight is 337 g/mol. The number of carbonyl (C=O) groups excluding carboxylic acids is 1. The molecule has 0 aromatic carbocycles. The summed E-state index contributed by atoms with van der Waals surface area (Å²) in [5.74, 6) is 0.0597. The lowest BCUT2D eigenvalue weighted by Crippen LogP contribution is -2.42. The molecule has 1 fully saturated rings. The van der Waals surface area contributed by atoms with Crippen molar-refractivity contribution in [1.29, 1.82) is 0 Å². The van der Waals surface area contributed by atoms with Crippen LogP contribution < -0.4 is 0 Å². The van der Waals surface area contributed by atoms with E-state index in [4.69, 9.17) is 16.1 Å². The van der Waals surface area contributed by atoms with Gasteiger partial charge < -0.3 is 9.42 Å². The van der Waals surface area contributed by atoms with Gasteiger partial charge in [0.05, 0.1) is 23.9 Å². The molecule has 0 saturated carbocycles. The highest BCUT2D eigenvalue weighted by atomic mass is 35.5. The number of hydrogen-bond donors (Lipinski definition) is 0. The van der Waals surface area contributed by atoms with E-state index in [-0.39, 0.29) is 23.6 Å². The van der Waals surface area contributed by atoms with Crippen molar-refractivity contribution in [3.63, 3.8) is 0 Å². The van der Waals surface area contributed by atoms with Gasteiger partial charge in [-0.05, 0) is 51.3 Å². The van der Waals surface area contributed by atoms with E-state index in [1.807, 2.05) is 16.5 Å². The number of likely N-dealkylation sites (tertiary alicyclic amines) is 1. The van der Waals surface area contributed by atoms with Gasteiger partial charge in [-0.15, -0.1) is 0 Å². The fraction of sp³-hybridized carbons (Fsp3) is 0.562. The van der Waals surface area contributed by atoms with Gasteiger partial charge in [0.15, 0.2) is 0 Å². The molecule has 3 rings (SSSR count). The molecule has 1 saturated heterocycles. The van der Waals surface area contributed by atoms with Crippen molar-refractivity contribution in [1.82, 2.24) is 19.8 Å². The zero-order chi connectivity index (χ0) is 16.6. The summed E-state index contributed by atoms with van der Waals surface area (Å²) in [5, 5.41) is 8.57. The van der Waals surface area contributed by atoms with E-state index in [2.05, 4.69) is 23.2 Å². The predicted molar refractivity (Wildman–Crippen MR) is 86.5 cm³/mol. The lowest BCUT2D eigenvalue weighted by Gasteiger charge is -2.33. The molecule has 0 N–H and O–H groups in total. The summed E-state index contributed by atoms with van der Waals surface area (Å²) in [6, 6.07) is 2.31. The second-order valence-electron chi connectivity index (χ2n) is 6.20. The van der Waals surface area contributed by atoms with Crippen LogP contribution in [0.15, 0.2) is 10.6 Å². The maximum absolute atomic E-state index is 12.6. The summed E-state index contributed by atoms with van der Waals surface area (Å²) in [7, 11) is 0. The standard InChI is InChI=1S/C16H21ClN4O2/c1-10-7-11(2)21(18-10)13-5-4-6-20(9-13)15(22)8-14-12(3)19-23-16(14)17/h7,13H,4-6,8-9H2,1-3H3. The normalized spacial score (nSPS) is 18.4. The number of aryl methyl sites for hydroxylation is 3. The van der Waals surface area contributed by atoms with Crippen LogP contribution in [0.4, 0.5) is 0 Å². The lowest BCUT2D eigenvalue weighted by atomic mass is 10.0. The van der Waals surface area contributed by atoms with Crippen LogP contribution >= 0.6 is 11.6 Å². The van der Waals surface area contributed by atoms with E-state index < -0.39 is 0 Å². The third-order valence-electron chi connectivity index (χ3n) is 4.40. The third-order valence-corrected chi connectivity index (χ3v) is 4.70. The quantitative estimate of drug-likeness (QED) is 0.864. The highest BCUT2D eigenvalue weighted by Crippen LogP contribution is 2.25. The maximum atomic E-state index is 12.6. The van der Waals surface area contributed by atoms with Crippen LogP contribution in [-0.2, 0) is 11.2 Å². The van der Waals surface area contributed by atoms with E-state index in [0.717, 1.165) is 30.8 Å². The Balaban J connectivity index is 1.71. The highest BCUT2D eigenvalue weighted by molar-refractivity contribution is 6.29. The molecule has 0 aliphatic carbocycles. The lowest BCUT2D eigenvalue weighted by molar-refractivity contribution is -0.132. The number of aromatic nitrogens is 3. The van der Waals surface area contributed by atoms with Crippen molar-refractivity contribution in [3.05, 3.63) is 33.9 Å².